The Balaban J connectivity index is 3.17. The predicted molar refractivity (Wildman–Crippen MR) is 52.0 cm³/mol. The maximum Gasteiger partial charge on any atom is 0.137 e. The number of hydrogen-bond acceptors (Lipinski definition) is 3. The fraction of sp³-hybridized carbons (Fsp3) is 0.333. The third kappa shape index (κ3) is 2.15. The average Bonchev–Trinajstić information content (AvgIpc) is 2.17. The molecule has 0 aliphatic heterocycles. The topological polar surface area (TPSA) is 55.5 Å². The summed E-state index contributed by atoms with van der Waals surface area (Å²) in [4.78, 5) is 0. The van der Waals surface area contributed by atoms with Crippen LogP contribution in [-0.2, 0) is 0 Å². The first kappa shape index (κ1) is 11.2. The van der Waals surface area contributed by atoms with E-state index in [-0.39, 0.29) is 17.2 Å². The molecule has 5 heteroatoms. The van der Waals surface area contributed by atoms with Crippen LogP contribution in [0.2, 0.25) is 5.02 Å². The van der Waals surface area contributed by atoms with E-state index in [1.54, 1.807) is 0 Å². The van der Waals surface area contributed by atoms with Crippen LogP contribution in [0.4, 0.5) is 4.39 Å². The van der Waals surface area contributed by atoms with Crippen molar-refractivity contribution in [1.82, 2.24) is 0 Å². The zero-order valence-electron chi connectivity index (χ0n) is 7.63. The van der Waals surface area contributed by atoms with Crippen LogP contribution >= 0.6 is 11.6 Å². The van der Waals surface area contributed by atoms with Crippen molar-refractivity contribution in [3.63, 3.8) is 0 Å². The van der Waals surface area contributed by atoms with Crippen molar-refractivity contribution < 1.29 is 14.2 Å². The highest BCUT2D eigenvalue weighted by molar-refractivity contribution is 6.32. The number of ether oxygens (including phenoxy) is 1. The van der Waals surface area contributed by atoms with Crippen LogP contribution in [0.3, 0.4) is 0 Å². The van der Waals surface area contributed by atoms with Gasteiger partial charge in [-0.25, -0.2) is 4.39 Å². The molecule has 1 aromatic carbocycles. The van der Waals surface area contributed by atoms with Crippen molar-refractivity contribution in [3.8, 4) is 5.75 Å². The monoisotopic (exact) mass is 219 g/mol. The first-order valence-electron chi connectivity index (χ1n) is 3.99. The summed E-state index contributed by atoms with van der Waals surface area (Å²) in [5.74, 6) is -0.204. The number of benzene rings is 1. The summed E-state index contributed by atoms with van der Waals surface area (Å²) < 4.78 is 18.2. The first-order valence-corrected chi connectivity index (χ1v) is 4.37. The zero-order valence-corrected chi connectivity index (χ0v) is 8.38. The number of rotatable bonds is 3. The minimum Gasteiger partial charge on any atom is -0.495 e. The quantitative estimate of drug-likeness (QED) is 0.810. The Labute approximate surface area is 86.2 Å². The summed E-state index contributed by atoms with van der Waals surface area (Å²) >= 11 is 5.68. The fourth-order valence-electron chi connectivity index (χ4n) is 1.08. The number of aliphatic hydroxyl groups excluding tert-OH is 1. The molecule has 0 radical (unpaired) electrons. The molecule has 0 aromatic heterocycles. The summed E-state index contributed by atoms with van der Waals surface area (Å²) in [6.45, 7) is -0.332. The van der Waals surface area contributed by atoms with E-state index in [1.807, 2.05) is 0 Å². The van der Waals surface area contributed by atoms with Crippen LogP contribution in [-0.4, -0.2) is 18.8 Å². The molecule has 3 nitrogen and oxygen atoms in total. The van der Waals surface area contributed by atoms with E-state index < -0.39 is 11.9 Å². The molecule has 3 N–H and O–H groups in total. The highest BCUT2D eigenvalue weighted by Gasteiger charge is 2.14. The molecular formula is C9H11ClFNO2. The smallest absolute Gasteiger partial charge is 0.137 e. The highest BCUT2D eigenvalue weighted by atomic mass is 35.5. The van der Waals surface area contributed by atoms with E-state index >= 15 is 0 Å². The van der Waals surface area contributed by atoms with Gasteiger partial charge in [0.1, 0.15) is 11.6 Å². The van der Waals surface area contributed by atoms with Crippen LogP contribution in [0.15, 0.2) is 12.1 Å². The molecule has 14 heavy (non-hydrogen) atoms. The largest absolute Gasteiger partial charge is 0.495 e. The van der Waals surface area contributed by atoms with Crippen molar-refractivity contribution in [2.24, 2.45) is 5.73 Å². The second kappa shape index (κ2) is 4.59. The van der Waals surface area contributed by atoms with E-state index in [0.717, 1.165) is 6.07 Å². The molecule has 0 aliphatic carbocycles. The van der Waals surface area contributed by atoms with Crippen LogP contribution < -0.4 is 10.5 Å². The Bertz CT molecular complexity index is 333. The van der Waals surface area contributed by atoms with Gasteiger partial charge in [0.25, 0.3) is 0 Å². The molecule has 1 atom stereocenters. The fourth-order valence-corrected chi connectivity index (χ4v) is 1.31. The van der Waals surface area contributed by atoms with Crippen LogP contribution in [0.1, 0.15) is 11.6 Å². The third-order valence-electron chi connectivity index (χ3n) is 1.87. The van der Waals surface area contributed by atoms with Crippen molar-refractivity contribution in [2.45, 2.75) is 6.04 Å². The standard InChI is InChI=1S/C9H11ClFNO2/c1-14-9-2-5(8(12)4-13)7(11)3-6(9)10/h2-3,8,13H,4,12H2,1H3/t8-/m0/s1. The van der Waals surface area contributed by atoms with Gasteiger partial charge in [0.15, 0.2) is 0 Å². The maximum atomic E-state index is 13.3. The molecule has 0 bridgehead atoms. The third-order valence-corrected chi connectivity index (χ3v) is 2.16. The molecule has 0 spiro atoms. The molecule has 1 aromatic rings. The average molecular weight is 220 g/mol. The molecule has 0 unspecified atom stereocenters. The van der Waals surface area contributed by atoms with Gasteiger partial charge in [0, 0.05) is 5.56 Å². The van der Waals surface area contributed by atoms with Crippen LogP contribution in [0.5, 0.6) is 5.75 Å². The van der Waals surface area contributed by atoms with Gasteiger partial charge in [-0.1, -0.05) is 11.6 Å². The molecule has 1 rings (SSSR count). The van der Waals surface area contributed by atoms with Gasteiger partial charge >= 0.3 is 0 Å². The number of halogens is 2. The zero-order chi connectivity index (χ0) is 10.7. The number of methoxy groups -OCH3 is 1. The van der Waals surface area contributed by atoms with Crippen LogP contribution in [0.25, 0.3) is 0 Å². The molecular weight excluding hydrogens is 209 g/mol. The van der Waals surface area contributed by atoms with E-state index in [4.69, 9.17) is 27.2 Å². The minimum atomic E-state index is -0.763. The Kier molecular flexibility index (Phi) is 3.69. The number of hydrogen-bond donors (Lipinski definition) is 2. The van der Waals surface area contributed by atoms with Crippen molar-refractivity contribution in [2.75, 3.05) is 13.7 Å². The lowest BCUT2D eigenvalue weighted by atomic mass is 10.1. The van der Waals surface area contributed by atoms with E-state index in [9.17, 15) is 4.39 Å². The Morgan fingerprint density at radius 3 is 2.79 bits per heavy atom. The summed E-state index contributed by atoms with van der Waals surface area (Å²) in [6.07, 6.45) is 0. The van der Waals surface area contributed by atoms with Crippen LogP contribution in [0, 0.1) is 5.82 Å². The van der Waals surface area contributed by atoms with Gasteiger partial charge in [-0.3, -0.25) is 0 Å². The van der Waals surface area contributed by atoms with E-state index in [1.165, 1.54) is 13.2 Å². The summed E-state index contributed by atoms with van der Waals surface area (Å²) in [5, 5.41) is 8.96. The lowest BCUT2D eigenvalue weighted by Crippen LogP contribution is -2.16. The Hall–Kier alpha value is -0.840. The Morgan fingerprint density at radius 1 is 1.64 bits per heavy atom. The van der Waals surface area contributed by atoms with E-state index in [2.05, 4.69) is 0 Å². The summed E-state index contributed by atoms with van der Waals surface area (Å²) in [5.41, 5.74) is 5.67. The molecule has 0 saturated heterocycles. The second-order valence-corrected chi connectivity index (χ2v) is 3.20. The molecule has 0 saturated carbocycles. The summed E-state index contributed by atoms with van der Waals surface area (Å²) in [6, 6.07) is 1.74. The number of nitrogens with two attached hydrogens (primary N) is 1. The molecule has 0 fully saturated rings. The van der Waals surface area contributed by atoms with Gasteiger partial charge in [-0.05, 0) is 12.1 Å². The van der Waals surface area contributed by atoms with Gasteiger partial charge < -0.3 is 15.6 Å². The minimum absolute atomic E-state index is 0.180. The molecule has 0 aliphatic rings. The Morgan fingerprint density at radius 2 is 2.29 bits per heavy atom. The van der Waals surface area contributed by atoms with Gasteiger partial charge in [0.2, 0.25) is 0 Å². The molecule has 78 valence electrons. The normalized spacial score (nSPS) is 12.6. The van der Waals surface area contributed by atoms with Gasteiger partial charge in [0.05, 0.1) is 24.8 Å². The van der Waals surface area contributed by atoms with Crippen molar-refractivity contribution in [1.29, 1.82) is 0 Å². The number of aliphatic hydroxyl groups is 1. The van der Waals surface area contributed by atoms with Crippen molar-refractivity contribution in [3.05, 3.63) is 28.5 Å². The van der Waals surface area contributed by atoms with Gasteiger partial charge in [-0.2, -0.15) is 0 Å². The molecule has 0 heterocycles. The first-order chi connectivity index (χ1) is 6.60. The van der Waals surface area contributed by atoms with E-state index in [0.29, 0.717) is 5.75 Å². The SMILES string of the molecule is COc1cc([C@@H](N)CO)c(F)cc1Cl. The second-order valence-electron chi connectivity index (χ2n) is 2.80. The molecule has 0 amide bonds. The summed E-state index contributed by atoms with van der Waals surface area (Å²) in [7, 11) is 1.42. The lowest BCUT2D eigenvalue weighted by Gasteiger charge is -2.12. The van der Waals surface area contributed by atoms with Gasteiger partial charge in [-0.15, -0.1) is 0 Å². The highest BCUT2D eigenvalue weighted by Crippen LogP contribution is 2.29. The lowest BCUT2D eigenvalue weighted by molar-refractivity contribution is 0.265. The predicted octanol–water partition coefficient (Wildman–Crippen LogP) is 1.48. The van der Waals surface area contributed by atoms with Crippen molar-refractivity contribution >= 4 is 11.6 Å². The maximum absolute atomic E-state index is 13.3.